The van der Waals surface area contributed by atoms with Gasteiger partial charge in [0.15, 0.2) is 0 Å². The van der Waals surface area contributed by atoms with Crippen molar-refractivity contribution < 1.29 is 13.2 Å². The summed E-state index contributed by atoms with van der Waals surface area (Å²) in [4.78, 5) is 22.4. The Morgan fingerprint density at radius 3 is 2.68 bits per heavy atom. The Balaban J connectivity index is 1.82. The lowest BCUT2D eigenvalue weighted by Gasteiger charge is -2.26. The van der Waals surface area contributed by atoms with Gasteiger partial charge in [0.1, 0.15) is 5.75 Å². The van der Waals surface area contributed by atoms with Crippen LogP contribution in [-0.4, -0.2) is 51.4 Å². The highest BCUT2D eigenvalue weighted by atomic mass is 32.2. The first-order valence-electron chi connectivity index (χ1n) is 11.4. The molecule has 0 unspecified atom stereocenters. The fourth-order valence-electron chi connectivity index (χ4n) is 4.56. The Labute approximate surface area is 200 Å². The Kier molecular flexibility index (Phi) is 6.44. The predicted octanol–water partition coefficient (Wildman–Crippen LogP) is 3.27. The molecule has 1 aliphatic heterocycles. The van der Waals surface area contributed by atoms with Crippen LogP contribution < -0.4 is 19.9 Å². The van der Waals surface area contributed by atoms with E-state index in [2.05, 4.69) is 41.4 Å². The molecule has 0 spiro atoms. The molecule has 0 radical (unpaired) electrons. The first-order valence-corrected chi connectivity index (χ1v) is 13.3. The molecule has 3 heterocycles. The Bertz CT molecular complexity index is 1380. The van der Waals surface area contributed by atoms with Gasteiger partial charge in [-0.25, -0.2) is 13.1 Å². The molecule has 4 rings (SSSR count). The maximum Gasteiger partial charge on any atom is 0.255 e. The number of sulfonamides is 1. The number of anilines is 1. The summed E-state index contributed by atoms with van der Waals surface area (Å²) < 4.78 is 31.5. The van der Waals surface area contributed by atoms with Crippen LogP contribution in [0.4, 0.5) is 5.69 Å². The minimum atomic E-state index is -3.21. The van der Waals surface area contributed by atoms with E-state index in [9.17, 15) is 13.2 Å². The van der Waals surface area contributed by atoms with Crippen molar-refractivity contribution in [2.24, 2.45) is 5.92 Å². The average molecular weight is 485 g/mol. The minimum absolute atomic E-state index is 0.166. The van der Waals surface area contributed by atoms with Crippen molar-refractivity contribution in [2.75, 3.05) is 37.9 Å². The monoisotopic (exact) mass is 484 g/mol. The van der Waals surface area contributed by atoms with Gasteiger partial charge in [0.2, 0.25) is 10.0 Å². The summed E-state index contributed by atoms with van der Waals surface area (Å²) in [5, 5.41) is 0.850. The number of benzene rings is 1. The topological polar surface area (TPSA) is 104 Å². The number of ether oxygens (including phenoxy) is 1. The number of hydrogen-bond donors (Lipinski definition) is 2. The second-order valence-corrected chi connectivity index (χ2v) is 11.8. The molecule has 182 valence electrons. The molecule has 3 aromatic rings. The third-order valence-corrected chi connectivity index (χ3v) is 7.00. The molecule has 1 saturated heterocycles. The van der Waals surface area contributed by atoms with Gasteiger partial charge in [0.05, 0.1) is 30.8 Å². The highest BCUT2D eigenvalue weighted by Crippen LogP contribution is 2.42. The highest BCUT2D eigenvalue weighted by molar-refractivity contribution is 7.88. The van der Waals surface area contributed by atoms with Gasteiger partial charge in [-0.15, -0.1) is 0 Å². The third-order valence-electron chi connectivity index (χ3n) is 6.31. The van der Waals surface area contributed by atoms with Crippen molar-refractivity contribution in [3.63, 3.8) is 0 Å². The highest BCUT2D eigenvalue weighted by Gasteiger charge is 2.27. The van der Waals surface area contributed by atoms with E-state index in [1.165, 1.54) is 6.26 Å². The molecule has 0 aliphatic carbocycles. The van der Waals surface area contributed by atoms with Crippen LogP contribution in [0.1, 0.15) is 32.8 Å². The van der Waals surface area contributed by atoms with Gasteiger partial charge >= 0.3 is 0 Å². The predicted molar refractivity (Wildman–Crippen MR) is 136 cm³/mol. The molecular weight excluding hydrogens is 452 g/mol. The van der Waals surface area contributed by atoms with E-state index in [4.69, 9.17) is 9.72 Å². The van der Waals surface area contributed by atoms with Crippen LogP contribution in [0.15, 0.2) is 41.5 Å². The number of nitrogens with one attached hydrogen (secondary N) is 2. The van der Waals surface area contributed by atoms with Gasteiger partial charge in [-0.1, -0.05) is 20.8 Å². The van der Waals surface area contributed by atoms with E-state index >= 15 is 0 Å². The summed E-state index contributed by atoms with van der Waals surface area (Å²) in [7, 11) is -1.55. The van der Waals surface area contributed by atoms with Crippen LogP contribution in [0.5, 0.6) is 5.75 Å². The van der Waals surface area contributed by atoms with E-state index in [1.54, 1.807) is 13.3 Å². The summed E-state index contributed by atoms with van der Waals surface area (Å²) in [6, 6.07) is 7.71. The van der Waals surface area contributed by atoms with Crippen molar-refractivity contribution >= 4 is 26.6 Å². The third kappa shape index (κ3) is 4.95. The molecular formula is C25H32N4O4S. The molecule has 2 aromatic heterocycles. The van der Waals surface area contributed by atoms with Crippen LogP contribution in [0.25, 0.3) is 22.0 Å². The molecule has 0 saturated carbocycles. The van der Waals surface area contributed by atoms with Crippen molar-refractivity contribution in [3.8, 4) is 16.9 Å². The molecule has 1 fully saturated rings. The number of methoxy groups -OCH3 is 1. The molecule has 2 N–H and O–H groups in total. The van der Waals surface area contributed by atoms with Crippen LogP contribution >= 0.6 is 0 Å². The second kappa shape index (κ2) is 9.03. The first kappa shape index (κ1) is 24.2. The molecule has 0 amide bonds. The van der Waals surface area contributed by atoms with E-state index in [0.29, 0.717) is 17.6 Å². The zero-order valence-corrected chi connectivity index (χ0v) is 21.1. The summed E-state index contributed by atoms with van der Waals surface area (Å²) >= 11 is 0. The van der Waals surface area contributed by atoms with Gasteiger partial charge in [-0.2, -0.15) is 0 Å². The second-order valence-electron chi connectivity index (χ2n) is 9.98. The molecule has 0 bridgehead atoms. The molecule has 34 heavy (non-hydrogen) atoms. The maximum absolute atomic E-state index is 12.7. The van der Waals surface area contributed by atoms with Crippen LogP contribution in [0, 0.1) is 5.92 Å². The summed E-state index contributed by atoms with van der Waals surface area (Å²) in [5.41, 5.74) is 3.60. The average Bonchev–Trinajstić information content (AvgIpc) is 3.25. The van der Waals surface area contributed by atoms with Gasteiger partial charge in [0, 0.05) is 47.9 Å². The van der Waals surface area contributed by atoms with Gasteiger partial charge in [-0.05, 0) is 42.0 Å². The van der Waals surface area contributed by atoms with Gasteiger partial charge in [0.25, 0.3) is 5.56 Å². The normalized spacial score (nSPS) is 16.9. The van der Waals surface area contributed by atoms with Crippen LogP contribution in [-0.2, 0) is 15.4 Å². The van der Waals surface area contributed by atoms with E-state index in [-0.39, 0.29) is 16.9 Å². The number of hydrogen-bond acceptors (Lipinski definition) is 6. The maximum atomic E-state index is 12.7. The van der Waals surface area contributed by atoms with Gasteiger partial charge in [-0.3, -0.25) is 9.78 Å². The molecule has 1 aliphatic rings. The van der Waals surface area contributed by atoms with Crippen molar-refractivity contribution in [1.82, 2.24) is 14.7 Å². The lowest BCUT2D eigenvalue weighted by Crippen LogP contribution is -2.30. The Morgan fingerprint density at radius 1 is 1.26 bits per heavy atom. The fourth-order valence-corrected chi connectivity index (χ4v) is 5.10. The number of rotatable bonds is 6. The SMILES string of the molecule is COc1c(C(C)(C)C)cc(-c2ccc[nH]c2=O)c2ncc(N3CC[C@H](CNS(C)(=O)=O)C3)cc12. The minimum Gasteiger partial charge on any atom is -0.496 e. The van der Waals surface area contributed by atoms with Crippen molar-refractivity contribution in [2.45, 2.75) is 32.6 Å². The summed E-state index contributed by atoms with van der Waals surface area (Å²) in [6.45, 7) is 8.33. The standard InChI is InChI=1S/C25H32N4O4S/c1-25(2,3)21-12-19(18-7-6-9-26-24(18)30)22-20(23(21)33-4)11-17(14-27-22)29-10-8-16(15-29)13-28-34(5,31)32/h6-7,9,11-12,14,16,28H,8,10,13,15H2,1-5H3,(H,26,30)/t16-/m1/s1. The van der Waals surface area contributed by atoms with Crippen LogP contribution in [0.2, 0.25) is 0 Å². The Morgan fingerprint density at radius 2 is 2.03 bits per heavy atom. The van der Waals surface area contributed by atoms with Crippen molar-refractivity contribution in [3.05, 3.63) is 52.6 Å². The first-order chi connectivity index (χ1) is 16.0. The van der Waals surface area contributed by atoms with E-state index in [1.807, 2.05) is 24.4 Å². The number of H-pyrrole nitrogens is 1. The van der Waals surface area contributed by atoms with E-state index in [0.717, 1.165) is 47.5 Å². The lowest BCUT2D eigenvalue weighted by molar-refractivity contribution is 0.402. The lowest BCUT2D eigenvalue weighted by atomic mass is 9.83. The smallest absolute Gasteiger partial charge is 0.255 e. The number of fused-ring (bicyclic) bond motifs is 1. The van der Waals surface area contributed by atoms with Crippen molar-refractivity contribution in [1.29, 1.82) is 0 Å². The number of nitrogens with zero attached hydrogens (tertiary/aromatic N) is 2. The number of pyridine rings is 2. The zero-order valence-electron chi connectivity index (χ0n) is 20.3. The Hall–Kier alpha value is -2.91. The largest absolute Gasteiger partial charge is 0.496 e. The summed E-state index contributed by atoms with van der Waals surface area (Å²) in [5.74, 6) is 0.981. The molecule has 1 aromatic carbocycles. The molecule has 9 heteroatoms. The van der Waals surface area contributed by atoms with E-state index < -0.39 is 10.0 Å². The summed E-state index contributed by atoms with van der Waals surface area (Å²) in [6.07, 6.45) is 5.52. The molecule has 1 atom stereocenters. The quantitative estimate of drug-likeness (QED) is 0.557. The number of aromatic nitrogens is 2. The number of aromatic amines is 1. The fraction of sp³-hybridized carbons (Fsp3) is 0.440. The van der Waals surface area contributed by atoms with Crippen LogP contribution in [0.3, 0.4) is 0 Å². The zero-order chi connectivity index (χ0) is 24.7. The molecule has 8 nitrogen and oxygen atoms in total. The van der Waals surface area contributed by atoms with Gasteiger partial charge < -0.3 is 14.6 Å².